The Morgan fingerprint density at radius 2 is 1.67 bits per heavy atom. The molecule has 2 aliphatic rings. The zero-order valence-corrected chi connectivity index (χ0v) is 26.0. The second-order valence-corrected chi connectivity index (χ2v) is 12.6. The summed E-state index contributed by atoms with van der Waals surface area (Å²) in [4.78, 5) is 43.9. The number of likely N-dealkylation sites (tertiary alicyclic amines) is 2. The highest BCUT2D eigenvalue weighted by Crippen LogP contribution is 2.38. The summed E-state index contributed by atoms with van der Waals surface area (Å²) >= 11 is 9.69. The maximum Gasteiger partial charge on any atom is 0.239 e. The number of hydrogen-bond acceptors (Lipinski definition) is 4. The molecule has 5 rings (SSSR count). The molecule has 0 saturated carbocycles. The second kappa shape index (κ2) is 13.8. The van der Waals surface area contributed by atoms with Crippen LogP contribution < -0.4 is 10.6 Å². The highest BCUT2D eigenvalue weighted by Gasteiger charge is 2.42. The van der Waals surface area contributed by atoms with Crippen LogP contribution in [0.15, 0.2) is 77.3 Å². The van der Waals surface area contributed by atoms with Crippen LogP contribution in [0.4, 0.5) is 5.69 Å². The molecule has 7 nitrogen and oxygen atoms in total. The van der Waals surface area contributed by atoms with Gasteiger partial charge in [-0.15, -0.1) is 0 Å². The Hall–Kier alpha value is -3.20. The molecule has 0 unspecified atom stereocenters. The van der Waals surface area contributed by atoms with Crippen LogP contribution in [0.25, 0.3) is 0 Å². The molecule has 2 atom stereocenters. The maximum atomic E-state index is 13.6. The van der Waals surface area contributed by atoms with Gasteiger partial charge in [0, 0.05) is 53.2 Å². The first-order chi connectivity index (χ1) is 20.3. The van der Waals surface area contributed by atoms with E-state index in [0.29, 0.717) is 17.1 Å². The molecule has 2 N–H and O–H groups in total. The lowest BCUT2D eigenvalue weighted by Crippen LogP contribution is -2.48. The Bertz CT molecular complexity index is 1410. The number of rotatable bonds is 9. The van der Waals surface area contributed by atoms with Crippen LogP contribution in [0.3, 0.4) is 0 Å². The van der Waals surface area contributed by atoms with E-state index in [9.17, 15) is 14.4 Å². The smallest absolute Gasteiger partial charge is 0.239 e. The second-order valence-electron chi connectivity index (χ2n) is 11.2. The van der Waals surface area contributed by atoms with Crippen molar-refractivity contribution in [2.75, 3.05) is 25.0 Å². The number of anilines is 1. The number of nitrogens with zero attached hydrogens (tertiary/aromatic N) is 2. The molecule has 2 heterocycles. The zero-order chi connectivity index (χ0) is 29.6. The van der Waals surface area contributed by atoms with Crippen LogP contribution in [0.2, 0.25) is 5.02 Å². The molecule has 2 aliphatic heterocycles. The van der Waals surface area contributed by atoms with Crippen LogP contribution in [0.1, 0.15) is 48.4 Å². The van der Waals surface area contributed by atoms with Crippen LogP contribution in [-0.2, 0) is 20.9 Å². The van der Waals surface area contributed by atoms with E-state index in [1.807, 2.05) is 37.3 Å². The minimum Gasteiger partial charge on any atom is -0.352 e. The lowest BCUT2D eigenvalue weighted by atomic mass is 9.97. The topological polar surface area (TPSA) is 81.8 Å². The quantitative estimate of drug-likeness (QED) is 0.293. The van der Waals surface area contributed by atoms with Crippen molar-refractivity contribution < 1.29 is 14.4 Å². The Morgan fingerprint density at radius 3 is 2.38 bits per heavy atom. The molecular formula is C33H36BrClN4O3. The van der Waals surface area contributed by atoms with Crippen molar-refractivity contribution in [2.45, 2.75) is 51.2 Å². The summed E-state index contributed by atoms with van der Waals surface area (Å²) in [7, 11) is 0. The molecule has 0 spiro atoms. The summed E-state index contributed by atoms with van der Waals surface area (Å²) in [5.74, 6) is -1.10. The van der Waals surface area contributed by atoms with E-state index >= 15 is 0 Å². The molecule has 2 saturated heterocycles. The highest BCUT2D eigenvalue weighted by atomic mass is 79.9. The van der Waals surface area contributed by atoms with Gasteiger partial charge in [-0.2, -0.15) is 0 Å². The first-order valence-electron chi connectivity index (χ1n) is 14.4. The summed E-state index contributed by atoms with van der Waals surface area (Å²) in [6, 6.07) is 23.4. The van der Waals surface area contributed by atoms with Gasteiger partial charge in [0.15, 0.2) is 0 Å². The highest BCUT2D eigenvalue weighted by molar-refractivity contribution is 9.10. The van der Waals surface area contributed by atoms with E-state index in [-0.39, 0.29) is 42.8 Å². The van der Waals surface area contributed by atoms with Gasteiger partial charge in [0.2, 0.25) is 17.7 Å². The molecule has 0 bridgehead atoms. The average molecular weight is 652 g/mol. The van der Waals surface area contributed by atoms with Gasteiger partial charge in [-0.1, -0.05) is 76.1 Å². The fourth-order valence-electron chi connectivity index (χ4n) is 5.92. The van der Waals surface area contributed by atoms with Gasteiger partial charge in [-0.05, 0) is 67.1 Å². The summed E-state index contributed by atoms with van der Waals surface area (Å²) in [6.07, 6.45) is 2.24. The fourth-order valence-corrected chi connectivity index (χ4v) is 6.36. The van der Waals surface area contributed by atoms with E-state index in [4.69, 9.17) is 11.6 Å². The summed E-state index contributed by atoms with van der Waals surface area (Å²) in [6.45, 7) is 4.54. The molecule has 3 aromatic rings. The van der Waals surface area contributed by atoms with Crippen molar-refractivity contribution in [3.63, 3.8) is 0 Å². The van der Waals surface area contributed by atoms with Crippen LogP contribution >= 0.6 is 27.5 Å². The number of amides is 3. The van der Waals surface area contributed by atoms with Gasteiger partial charge in [0.25, 0.3) is 0 Å². The average Bonchev–Trinajstić information content (AvgIpc) is 3.27. The molecule has 220 valence electrons. The predicted octanol–water partition coefficient (Wildman–Crippen LogP) is 6.11. The van der Waals surface area contributed by atoms with E-state index in [1.165, 1.54) is 5.56 Å². The van der Waals surface area contributed by atoms with E-state index in [0.717, 1.165) is 48.1 Å². The van der Waals surface area contributed by atoms with Gasteiger partial charge in [0.1, 0.15) is 6.54 Å². The first-order valence-corrected chi connectivity index (χ1v) is 15.6. The molecule has 3 aromatic carbocycles. The van der Waals surface area contributed by atoms with Crippen LogP contribution in [0.5, 0.6) is 0 Å². The minimum absolute atomic E-state index is 0.0324. The molecule has 2 fully saturated rings. The molecule has 9 heteroatoms. The third kappa shape index (κ3) is 7.60. The first kappa shape index (κ1) is 30.3. The fraction of sp³-hybridized carbons (Fsp3) is 0.364. The third-order valence-electron chi connectivity index (χ3n) is 8.26. The monoisotopic (exact) mass is 650 g/mol. The summed E-state index contributed by atoms with van der Waals surface area (Å²) in [5.41, 5.74) is 3.65. The number of benzene rings is 3. The Balaban J connectivity index is 1.20. The SMILES string of the molecule is Cc1c(Cl)cccc1NC(=O)C[C@H]1C[C@H](c2ccc(Br)cc2)N(CC(=O)NC2CCN(Cc3ccccc3)CC2)C1=O. The van der Waals surface area contributed by atoms with E-state index in [1.54, 1.807) is 23.1 Å². The van der Waals surface area contributed by atoms with Gasteiger partial charge in [-0.3, -0.25) is 19.3 Å². The molecule has 0 aromatic heterocycles. The van der Waals surface area contributed by atoms with Crippen molar-refractivity contribution in [2.24, 2.45) is 5.92 Å². The number of halogens is 2. The van der Waals surface area contributed by atoms with Crippen molar-refractivity contribution in [1.82, 2.24) is 15.1 Å². The van der Waals surface area contributed by atoms with Crippen molar-refractivity contribution in [3.05, 3.63) is 99.0 Å². The minimum atomic E-state index is -0.521. The Morgan fingerprint density at radius 1 is 0.952 bits per heavy atom. The molecule has 0 aliphatic carbocycles. The summed E-state index contributed by atoms with van der Waals surface area (Å²) < 4.78 is 0.936. The molecule has 42 heavy (non-hydrogen) atoms. The number of carbonyl (C=O) groups is 3. The van der Waals surface area contributed by atoms with Crippen molar-refractivity contribution in [3.8, 4) is 0 Å². The lowest BCUT2D eigenvalue weighted by molar-refractivity contribution is -0.137. The van der Waals surface area contributed by atoms with E-state index < -0.39 is 5.92 Å². The third-order valence-corrected chi connectivity index (χ3v) is 9.20. The number of carbonyl (C=O) groups excluding carboxylic acids is 3. The number of piperidine rings is 1. The lowest BCUT2D eigenvalue weighted by Gasteiger charge is -2.33. The largest absolute Gasteiger partial charge is 0.352 e. The van der Waals surface area contributed by atoms with Gasteiger partial charge >= 0.3 is 0 Å². The normalized spacial score (nSPS) is 19.6. The predicted molar refractivity (Wildman–Crippen MR) is 169 cm³/mol. The van der Waals surface area contributed by atoms with Crippen LogP contribution in [-0.4, -0.2) is 53.2 Å². The Labute approximate surface area is 260 Å². The zero-order valence-electron chi connectivity index (χ0n) is 23.7. The number of nitrogens with one attached hydrogen (secondary N) is 2. The molecule has 3 amide bonds. The number of hydrogen-bond donors (Lipinski definition) is 2. The standard InChI is InChI=1S/C33H36BrClN4O3/c1-22-28(35)8-5-9-29(22)37-31(40)19-25-18-30(24-10-12-26(34)13-11-24)39(33(25)42)21-32(41)36-27-14-16-38(17-15-27)20-23-6-3-2-4-7-23/h2-13,25,27,30H,14-21H2,1H3,(H,36,41)(H,37,40)/t25-,30-/m1/s1. The van der Waals surface area contributed by atoms with Crippen molar-refractivity contribution >= 4 is 50.9 Å². The van der Waals surface area contributed by atoms with Gasteiger partial charge < -0.3 is 15.5 Å². The van der Waals surface area contributed by atoms with Gasteiger partial charge in [-0.25, -0.2) is 0 Å². The summed E-state index contributed by atoms with van der Waals surface area (Å²) in [5, 5.41) is 6.65. The maximum absolute atomic E-state index is 13.6. The Kier molecular flexibility index (Phi) is 9.98. The van der Waals surface area contributed by atoms with Crippen molar-refractivity contribution in [1.29, 1.82) is 0 Å². The molecule has 0 radical (unpaired) electrons. The molecular weight excluding hydrogens is 616 g/mol. The van der Waals surface area contributed by atoms with Gasteiger partial charge in [0.05, 0.1) is 6.04 Å². The van der Waals surface area contributed by atoms with Crippen LogP contribution in [0, 0.1) is 12.8 Å². The van der Waals surface area contributed by atoms with E-state index in [2.05, 4.69) is 55.7 Å².